The number of nitrogens with zero attached hydrogens (tertiary/aromatic N) is 4. The lowest BCUT2D eigenvalue weighted by atomic mass is 9.90. The molecule has 0 radical (unpaired) electrons. The molecule has 1 aliphatic heterocycles. The van der Waals surface area contributed by atoms with E-state index in [4.69, 9.17) is 0 Å². The lowest BCUT2D eigenvalue weighted by molar-refractivity contribution is -0.131. The van der Waals surface area contributed by atoms with Crippen molar-refractivity contribution in [2.75, 3.05) is 32.0 Å². The second-order valence-electron chi connectivity index (χ2n) is 6.75. The monoisotopic (exact) mass is 317 g/mol. The molecule has 6 nitrogen and oxygen atoms in total. The average Bonchev–Trinajstić information content (AvgIpc) is 3.11. The van der Waals surface area contributed by atoms with E-state index >= 15 is 0 Å². The summed E-state index contributed by atoms with van der Waals surface area (Å²) < 4.78 is 0. The van der Waals surface area contributed by atoms with Crippen LogP contribution in [0.4, 0.5) is 5.82 Å². The first-order valence-electron chi connectivity index (χ1n) is 8.73. The smallest absolute Gasteiger partial charge is 0.236 e. The Hall–Kier alpha value is -1.69. The SMILES string of the molecule is CN(CC(=O)N1CCCC1)C1CCC(Nc2ccncn2)CC1. The Bertz CT molecular complexity index is 495. The maximum atomic E-state index is 12.3. The number of nitrogens with one attached hydrogen (secondary N) is 1. The molecule has 1 aromatic rings. The van der Waals surface area contributed by atoms with E-state index in [0.29, 0.717) is 24.5 Å². The number of hydrogen-bond acceptors (Lipinski definition) is 5. The molecule has 126 valence electrons. The van der Waals surface area contributed by atoms with Gasteiger partial charge in [-0.15, -0.1) is 0 Å². The molecule has 1 saturated carbocycles. The van der Waals surface area contributed by atoms with E-state index in [0.717, 1.165) is 57.4 Å². The van der Waals surface area contributed by atoms with Crippen LogP contribution in [0.15, 0.2) is 18.6 Å². The summed E-state index contributed by atoms with van der Waals surface area (Å²) in [5.74, 6) is 1.20. The number of aromatic nitrogens is 2. The Balaban J connectivity index is 1.42. The van der Waals surface area contributed by atoms with Crippen molar-refractivity contribution in [3.8, 4) is 0 Å². The molecule has 1 amide bonds. The molecule has 2 heterocycles. The Kier molecular flexibility index (Phi) is 5.43. The second kappa shape index (κ2) is 7.73. The number of likely N-dealkylation sites (tertiary alicyclic amines) is 1. The van der Waals surface area contributed by atoms with Gasteiger partial charge in [-0.3, -0.25) is 9.69 Å². The zero-order chi connectivity index (χ0) is 16.1. The van der Waals surface area contributed by atoms with Crippen LogP contribution in [0.5, 0.6) is 0 Å². The molecule has 0 aromatic carbocycles. The number of hydrogen-bond donors (Lipinski definition) is 1. The molecule has 1 aliphatic carbocycles. The minimum atomic E-state index is 0.297. The number of anilines is 1. The van der Waals surface area contributed by atoms with Gasteiger partial charge < -0.3 is 10.2 Å². The number of carbonyl (C=O) groups excluding carboxylic acids is 1. The maximum absolute atomic E-state index is 12.3. The molecule has 0 bridgehead atoms. The van der Waals surface area contributed by atoms with Gasteiger partial charge in [-0.05, 0) is 51.6 Å². The highest BCUT2D eigenvalue weighted by atomic mass is 16.2. The highest BCUT2D eigenvalue weighted by molar-refractivity contribution is 5.78. The third-order valence-electron chi connectivity index (χ3n) is 5.10. The molecule has 1 saturated heterocycles. The van der Waals surface area contributed by atoms with Crippen LogP contribution in [0.1, 0.15) is 38.5 Å². The summed E-state index contributed by atoms with van der Waals surface area (Å²) >= 11 is 0. The highest BCUT2D eigenvalue weighted by Gasteiger charge is 2.27. The number of carbonyl (C=O) groups is 1. The van der Waals surface area contributed by atoms with Gasteiger partial charge in [-0.1, -0.05) is 0 Å². The molecular formula is C17H27N5O. The Morgan fingerprint density at radius 1 is 1.30 bits per heavy atom. The largest absolute Gasteiger partial charge is 0.367 e. The van der Waals surface area contributed by atoms with Gasteiger partial charge in [0.15, 0.2) is 0 Å². The molecule has 6 heteroatoms. The fraction of sp³-hybridized carbons (Fsp3) is 0.706. The van der Waals surface area contributed by atoms with Gasteiger partial charge in [0, 0.05) is 31.4 Å². The van der Waals surface area contributed by atoms with Crippen LogP contribution < -0.4 is 5.32 Å². The van der Waals surface area contributed by atoms with Crippen molar-refractivity contribution in [3.63, 3.8) is 0 Å². The minimum absolute atomic E-state index is 0.297. The van der Waals surface area contributed by atoms with Crippen molar-refractivity contribution in [1.82, 2.24) is 19.8 Å². The third-order valence-corrected chi connectivity index (χ3v) is 5.10. The fourth-order valence-corrected chi connectivity index (χ4v) is 3.66. The quantitative estimate of drug-likeness (QED) is 0.896. The van der Waals surface area contributed by atoms with Gasteiger partial charge in [0.2, 0.25) is 5.91 Å². The van der Waals surface area contributed by atoms with Gasteiger partial charge in [-0.25, -0.2) is 9.97 Å². The first kappa shape index (κ1) is 16.2. The molecule has 23 heavy (non-hydrogen) atoms. The molecule has 0 atom stereocenters. The minimum Gasteiger partial charge on any atom is -0.367 e. The van der Waals surface area contributed by atoms with E-state index < -0.39 is 0 Å². The van der Waals surface area contributed by atoms with Crippen molar-refractivity contribution >= 4 is 11.7 Å². The summed E-state index contributed by atoms with van der Waals surface area (Å²) in [5.41, 5.74) is 0. The van der Waals surface area contributed by atoms with E-state index in [9.17, 15) is 4.79 Å². The number of likely N-dealkylation sites (N-methyl/N-ethyl adjacent to an activating group) is 1. The predicted molar refractivity (Wildman–Crippen MR) is 90.1 cm³/mol. The van der Waals surface area contributed by atoms with Crippen LogP contribution in [0, 0.1) is 0 Å². The molecule has 2 aliphatic rings. The Morgan fingerprint density at radius 3 is 2.70 bits per heavy atom. The van der Waals surface area contributed by atoms with Gasteiger partial charge in [0.25, 0.3) is 0 Å². The molecule has 3 rings (SSSR count). The summed E-state index contributed by atoms with van der Waals surface area (Å²) in [6.07, 6.45) is 10.2. The fourth-order valence-electron chi connectivity index (χ4n) is 3.66. The van der Waals surface area contributed by atoms with E-state index in [1.165, 1.54) is 0 Å². The molecule has 1 aromatic heterocycles. The standard InChI is InChI=1S/C17H27N5O/c1-21(12-17(23)22-10-2-3-11-22)15-6-4-14(5-7-15)20-16-8-9-18-13-19-16/h8-9,13-15H,2-7,10-12H2,1H3,(H,18,19,20). The van der Waals surface area contributed by atoms with Crippen molar-refractivity contribution in [1.29, 1.82) is 0 Å². The summed E-state index contributed by atoms with van der Waals surface area (Å²) in [4.78, 5) is 24.7. The molecule has 0 spiro atoms. The maximum Gasteiger partial charge on any atom is 0.236 e. The molecular weight excluding hydrogens is 290 g/mol. The Morgan fingerprint density at radius 2 is 2.04 bits per heavy atom. The third kappa shape index (κ3) is 4.41. The van der Waals surface area contributed by atoms with Crippen LogP contribution >= 0.6 is 0 Å². The predicted octanol–water partition coefficient (Wildman–Crippen LogP) is 1.75. The van der Waals surface area contributed by atoms with Crippen molar-refractivity contribution in [2.24, 2.45) is 0 Å². The first-order valence-corrected chi connectivity index (χ1v) is 8.73. The van der Waals surface area contributed by atoms with E-state index in [1.807, 2.05) is 11.0 Å². The number of rotatable bonds is 5. The van der Waals surface area contributed by atoms with Gasteiger partial charge >= 0.3 is 0 Å². The summed E-state index contributed by atoms with van der Waals surface area (Å²) in [5, 5.41) is 3.48. The summed E-state index contributed by atoms with van der Waals surface area (Å²) in [6.45, 7) is 2.46. The molecule has 0 unspecified atom stereocenters. The first-order chi connectivity index (χ1) is 11.2. The van der Waals surface area contributed by atoms with Crippen LogP contribution in [0.25, 0.3) is 0 Å². The zero-order valence-electron chi connectivity index (χ0n) is 13.9. The normalized spacial score (nSPS) is 24.9. The summed E-state index contributed by atoms with van der Waals surface area (Å²) in [7, 11) is 2.09. The van der Waals surface area contributed by atoms with Crippen LogP contribution in [-0.2, 0) is 4.79 Å². The van der Waals surface area contributed by atoms with Crippen molar-refractivity contribution in [3.05, 3.63) is 18.6 Å². The van der Waals surface area contributed by atoms with Crippen molar-refractivity contribution < 1.29 is 4.79 Å². The van der Waals surface area contributed by atoms with Gasteiger partial charge in [0.05, 0.1) is 6.54 Å². The average molecular weight is 317 g/mol. The van der Waals surface area contributed by atoms with E-state index in [-0.39, 0.29) is 0 Å². The van der Waals surface area contributed by atoms with Crippen LogP contribution in [0.3, 0.4) is 0 Å². The van der Waals surface area contributed by atoms with Crippen molar-refractivity contribution in [2.45, 2.75) is 50.6 Å². The lowest BCUT2D eigenvalue weighted by Crippen LogP contribution is -2.44. The zero-order valence-corrected chi connectivity index (χ0v) is 13.9. The Labute approximate surface area is 138 Å². The van der Waals surface area contributed by atoms with Crippen LogP contribution in [-0.4, -0.2) is 64.4 Å². The molecule has 2 fully saturated rings. The summed E-state index contributed by atoms with van der Waals surface area (Å²) in [6, 6.07) is 2.90. The van der Waals surface area contributed by atoms with Gasteiger partial charge in [-0.2, -0.15) is 0 Å². The van der Waals surface area contributed by atoms with E-state index in [2.05, 4.69) is 27.2 Å². The topological polar surface area (TPSA) is 61.4 Å². The molecule has 1 N–H and O–H groups in total. The van der Waals surface area contributed by atoms with Crippen LogP contribution in [0.2, 0.25) is 0 Å². The second-order valence-corrected chi connectivity index (χ2v) is 6.75. The highest BCUT2D eigenvalue weighted by Crippen LogP contribution is 2.24. The lowest BCUT2D eigenvalue weighted by Gasteiger charge is -2.35. The van der Waals surface area contributed by atoms with Gasteiger partial charge in [0.1, 0.15) is 12.1 Å². The number of amides is 1. The van der Waals surface area contributed by atoms with E-state index in [1.54, 1.807) is 12.5 Å².